The molecule has 0 saturated carbocycles. The quantitative estimate of drug-likeness (QED) is 0.743. The number of nitrogens with one attached hydrogen (secondary N) is 1. The summed E-state index contributed by atoms with van der Waals surface area (Å²) >= 11 is 6.15. The third kappa shape index (κ3) is 1.70. The van der Waals surface area contributed by atoms with Gasteiger partial charge in [0.2, 0.25) is 0 Å². The van der Waals surface area contributed by atoms with E-state index in [0.717, 1.165) is 11.3 Å². The maximum Gasteiger partial charge on any atom is 0.105 e. The SMILES string of the molecule is ClC(c1ccccc1)c1cn[nH]n1. The molecule has 0 bridgehead atoms. The molecule has 13 heavy (non-hydrogen) atoms. The number of hydrogen-bond acceptors (Lipinski definition) is 2. The maximum atomic E-state index is 6.15. The zero-order valence-corrected chi connectivity index (χ0v) is 7.57. The molecule has 4 heteroatoms. The minimum absolute atomic E-state index is 0.222. The fraction of sp³-hybridized carbons (Fsp3) is 0.111. The fourth-order valence-corrected chi connectivity index (χ4v) is 1.38. The van der Waals surface area contributed by atoms with Crippen molar-refractivity contribution in [3.05, 3.63) is 47.8 Å². The molecule has 1 heterocycles. The molecule has 0 aliphatic carbocycles. The van der Waals surface area contributed by atoms with E-state index in [1.54, 1.807) is 6.20 Å². The van der Waals surface area contributed by atoms with Crippen LogP contribution < -0.4 is 0 Å². The summed E-state index contributed by atoms with van der Waals surface area (Å²) in [5, 5.41) is 9.95. The van der Waals surface area contributed by atoms with Gasteiger partial charge in [-0.15, -0.1) is 11.6 Å². The van der Waals surface area contributed by atoms with Crippen LogP contribution in [0.3, 0.4) is 0 Å². The van der Waals surface area contributed by atoms with Gasteiger partial charge < -0.3 is 0 Å². The Labute approximate surface area is 80.7 Å². The zero-order chi connectivity index (χ0) is 9.10. The van der Waals surface area contributed by atoms with Crippen molar-refractivity contribution < 1.29 is 0 Å². The van der Waals surface area contributed by atoms with Crippen LogP contribution in [0.2, 0.25) is 0 Å². The Morgan fingerprint density at radius 3 is 2.62 bits per heavy atom. The van der Waals surface area contributed by atoms with E-state index in [1.807, 2.05) is 30.3 Å². The Balaban J connectivity index is 2.29. The van der Waals surface area contributed by atoms with Crippen LogP contribution in [0.5, 0.6) is 0 Å². The number of aromatic nitrogens is 3. The van der Waals surface area contributed by atoms with Crippen LogP contribution >= 0.6 is 11.6 Å². The summed E-state index contributed by atoms with van der Waals surface area (Å²) < 4.78 is 0. The molecule has 66 valence electrons. The Bertz CT molecular complexity index is 358. The average molecular weight is 194 g/mol. The molecule has 0 spiro atoms. The minimum Gasteiger partial charge on any atom is -0.198 e. The smallest absolute Gasteiger partial charge is 0.105 e. The van der Waals surface area contributed by atoms with Crippen LogP contribution in [0.4, 0.5) is 0 Å². The van der Waals surface area contributed by atoms with Crippen molar-refractivity contribution in [1.29, 1.82) is 0 Å². The number of benzene rings is 1. The average Bonchev–Trinajstić information content (AvgIpc) is 2.71. The second-order valence-electron chi connectivity index (χ2n) is 2.67. The van der Waals surface area contributed by atoms with Crippen LogP contribution in [0.15, 0.2) is 36.5 Å². The second-order valence-corrected chi connectivity index (χ2v) is 3.10. The lowest BCUT2D eigenvalue weighted by Crippen LogP contribution is -1.92. The van der Waals surface area contributed by atoms with Gasteiger partial charge in [-0.25, -0.2) is 0 Å². The standard InChI is InChI=1S/C9H8ClN3/c10-9(8-6-11-13-12-8)7-4-2-1-3-5-7/h1-6,9H,(H,11,12,13). The van der Waals surface area contributed by atoms with Crippen molar-refractivity contribution in [3.8, 4) is 0 Å². The number of rotatable bonds is 2. The molecular weight excluding hydrogens is 186 g/mol. The number of alkyl halides is 1. The van der Waals surface area contributed by atoms with Gasteiger partial charge in [-0.1, -0.05) is 30.3 Å². The molecule has 0 amide bonds. The van der Waals surface area contributed by atoms with Gasteiger partial charge in [0.1, 0.15) is 11.1 Å². The Morgan fingerprint density at radius 1 is 1.23 bits per heavy atom. The third-order valence-corrected chi connectivity index (χ3v) is 2.26. The highest BCUT2D eigenvalue weighted by Gasteiger charge is 2.12. The fourth-order valence-electron chi connectivity index (χ4n) is 1.13. The largest absolute Gasteiger partial charge is 0.198 e. The van der Waals surface area contributed by atoms with Crippen LogP contribution in [-0.4, -0.2) is 15.4 Å². The van der Waals surface area contributed by atoms with Crippen molar-refractivity contribution in [3.63, 3.8) is 0 Å². The highest BCUT2D eigenvalue weighted by Crippen LogP contribution is 2.25. The van der Waals surface area contributed by atoms with Crippen LogP contribution in [0, 0.1) is 0 Å². The second kappa shape index (κ2) is 3.58. The predicted octanol–water partition coefficient (Wildman–Crippen LogP) is 2.13. The van der Waals surface area contributed by atoms with Crippen LogP contribution in [-0.2, 0) is 0 Å². The highest BCUT2D eigenvalue weighted by molar-refractivity contribution is 6.22. The minimum atomic E-state index is -0.222. The topological polar surface area (TPSA) is 41.6 Å². The number of H-pyrrole nitrogens is 1. The van der Waals surface area contributed by atoms with Crippen LogP contribution in [0.25, 0.3) is 0 Å². The molecule has 0 radical (unpaired) electrons. The van der Waals surface area contributed by atoms with E-state index in [4.69, 9.17) is 11.6 Å². The van der Waals surface area contributed by atoms with Gasteiger partial charge in [0, 0.05) is 0 Å². The first-order chi connectivity index (χ1) is 6.38. The van der Waals surface area contributed by atoms with E-state index < -0.39 is 0 Å². The summed E-state index contributed by atoms with van der Waals surface area (Å²) in [5.41, 5.74) is 1.77. The molecular formula is C9H8ClN3. The first-order valence-corrected chi connectivity index (χ1v) is 4.36. The van der Waals surface area contributed by atoms with Gasteiger partial charge in [-0.05, 0) is 5.56 Å². The monoisotopic (exact) mass is 193 g/mol. The van der Waals surface area contributed by atoms with Crippen molar-refractivity contribution in [1.82, 2.24) is 15.4 Å². The van der Waals surface area contributed by atoms with E-state index in [0.29, 0.717) is 0 Å². The van der Waals surface area contributed by atoms with Crippen LogP contribution in [0.1, 0.15) is 16.6 Å². The molecule has 2 aromatic rings. The lowest BCUT2D eigenvalue weighted by molar-refractivity contribution is 0.909. The number of hydrogen-bond donors (Lipinski definition) is 1. The zero-order valence-electron chi connectivity index (χ0n) is 6.81. The van der Waals surface area contributed by atoms with Gasteiger partial charge >= 0.3 is 0 Å². The molecule has 3 nitrogen and oxygen atoms in total. The van der Waals surface area contributed by atoms with Gasteiger partial charge in [0.05, 0.1) is 6.20 Å². The van der Waals surface area contributed by atoms with Gasteiger partial charge in [0.15, 0.2) is 0 Å². The van der Waals surface area contributed by atoms with E-state index in [1.165, 1.54) is 0 Å². The van der Waals surface area contributed by atoms with Crippen molar-refractivity contribution in [2.75, 3.05) is 0 Å². The summed E-state index contributed by atoms with van der Waals surface area (Å²) in [7, 11) is 0. The summed E-state index contributed by atoms with van der Waals surface area (Å²) in [6, 6.07) is 9.78. The molecule has 1 unspecified atom stereocenters. The molecule has 2 rings (SSSR count). The normalized spacial score (nSPS) is 12.7. The van der Waals surface area contributed by atoms with Gasteiger partial charge in [-0.2, -0.15) is 15.4 Å². The van der Waals surface area contributed by atoms with E-state index in [2.05, 4.69) is 15.4 Å². The molecule has 1 aromatic carbocycles. The molecule has 1 aromatic heterocycles. The number of nitrogens with zero attached hydrogens (tertiary/aromatic N) is 2. The molecule has 0 aliphatic heterocycles. The van der Waals surface area contributed by atoms with E-state index in [-0.39, 0.29) is 5.38 Å². The number of aromatic amines is 1. The molecule has 1 N–H and O–H groups in total. The Hall–Kier alpha value is -1.35. The Morgan fingerprint density at radius 2 is 2.00 bits per heavy atom. The highest BCUT2D eigenvalue weighted by atomic mass is 35.5. The number of halogens is 1. The summed E-state index contributed by atoms with van der Waals surface area (Å²) in [4.78, 5) is 0. The molecule has 0 aliphatic rings. The van der Waals surface area contributed by atoms with Gasteiger partial charge in [-0.3, -0.25) is 0 Å². The van der Waals surface area contributed by atoms with E-state index in [9.17, 15) is 0 Å². The Kier molecular flexibility index (Phi) is 2.27. The van der Waals surface area contributed by atoms with Crippen molar-refractivity contribution in [2.45, 2.75) is 5.38 Å². The molecule has 1 atom stereocenters. The third-order valence-electron chi connectivity index (χ3n) is 1.79. The molecule has 0 saturated heterocycles. The van der Waals surface area contributed by atoms with Gasteiger partial charge in [0.25, 0.3) is 0 Å². The first-order valence-electron chi connectivity index (χ1n) is 3.92. The summed E-state index contributed by atoms with van der Waals surface area (Å²) in [5.74, 6) is 0. The van der Waals surface area contributed by atoms with E-state index >= 15 is 0 Å². The predicted molar refractivity (Wildman–Crippen MR) is 50.5 cm³/mol. The lowest BCUT2D eigenvalue weighted by atomic mass is 10.1. The van der Waals surface area contributed by atoms with Crippen molar-refractivity contribution in [2.24, 2.45) is 0 Å². The summed E-state index contributed by atoms with van der Waals surface area (Å²) in [6.45, 7) is 0. The first kappa shape index (κ1) is 8.26. The lowest BCUT2D eigenvalue weighted by Gasteiger charge is -2.04. The molecule has 0 fully saturated rings. The van der Waals surface area contributed by atoms with Crippen molar-refractivity contribution >= 4 is 11.6 Å². The maximum absolute atomic E-state index is 6.15. The summed E-state index contributed by atoms with van der Waals surface area (Å²) in [6.07, 6.45) is 1.63.